The van der Waals surface area contributed by atoms with Gasteiger partial charge in [-0.2, -0.15) is 5.10 Å². The van der Waals surface area contributed by atoms with Crippen LogP contribution < -0.4 is 25.0 Å². The van der Waals surface area contributed by atoms with Crippen molar-refractivity contribution in [3.8, 4) is 17.2 Å². The third-order valence-electron chi connectivity index (χ3n) is 5.82. The van der Waals surface area contributed by atoms with Crippen molar-refractivity contribution in [2.24, 2.45) is 5.10 Å². The van der Waals surface area contributed by atoms with Crippen molar-refractivity contribution in [1.82, 2.24) is 5.43 Å². The number of carbonyl (C=O) groups excluding carboxylic acids is 2. The van der Waals surface area contributed by atoms with Crippen LogP contribution in [0.5, 0.6) is 17.2 Å². The van der Waals surface area contributed by atoms with Crippen LogP contribution in [0.15, 0.2) is 94.5 Å². The molecule has 2 N–H and O–H groups in total. The Morgan fingerprint density at radius 2 is 1.71 bits per heavy atom. The fourth-order valence-electron chi connectivity index (χ4n) is 3.65. The van der Waals surface area contributed by atoms with E-state index in [1.165, 1.54) is 13.3 Å². The van der Waals surface area contributed by atoms with Crippen molar-refractivity contribution in [1.29, 1.82) is 0 Å². The van der Waals surface area contributed by atoms with Crippen molar-refractivity contribution in [3.63, 3.8) is 0 Å². The van der Waals surface area contributed by atoms with Gasteiger partial charge in [0.1, 0.15) is 12.4 Å². The maximum absolute atomic E-state index is 12.8. The van der Waals surface area contributed by atoms with E-state index in [1.807, 2.05) is 43.3 Å². The van der Waals surface area contributed by atoms with E-state index >= 15 is 0 Å². The lowest BCUT2D eigenvalue weighted by Crippen LogP contribution is -2.20. The maximum Gasteiger partial charge on any atom is 0.271 e. The van der Waals surface area contributed by atoms with Gasteiger partial charge in [-0.3, -0.25) is 9.59 Å². The Kier molecular flexibility index (Phi) is 10.4. The quantitative estimate of drug-likeness (QED) is 0.140. The Morgan fingerprint density at radius 3 is 2.46 bits per heavy atom. The normalized spacial score (nSPS) is 10.7. The van der Waals surface area contributed by atoms with Gasteiger partial charge in [-0.25, -0.2) is 5.43 Å². The molecule has 0 aliphatic rings. The average molecular weight is 637 g/mol. The van der Waals surface area contributed by atoms with Crippen LogP contribution in [0.3, 0.4) is 0 Å². The zero-order valence-corrected chi connectivity index (χ0v) is 24.7. The summed E-state index contributed by atoms with van der Waals surface area (Å²) in [5.74, 6) is 0.551. The van der Waals surface area contributed by atoms with Crippen LogP contribution in [0.1, 0.15) is 27.0 Å². The van der Waals surface area contributed by atoms with Crippen molar-refractivity contribution in [2.75, 3.05) is 19.0 Å². The zero-order chi connectivity index (χ0) is 29.2. The number of nitrogens with one attached hydrogen (secondary N) is 2. The number of rotatable bonds is 11. The van der Waals surface area contributed by atoms with Crippen LogP contribution in [-0.4, -0.2) is 31.7 Å². The molecule has 2 amide bonds. The van der Waals surface area contributed by atoms with Crippen LogP contribution in [0.25, 0.3) is 0 Å². The first kappa shape index (κ1) is 29.6. The molecule has 0 heterocycles. The largest absolute Gasteiger partial charge is 0.493 e. The number of hydrazone groups is 1. The molecule has 0 radical (unpaired) electrons. The van der Waals surface area contributed by atoms with Crippen molar-refractivity contribution in [2.45, 2.75) is 13.5 Å². The SMILES string of the molecule is COc1cc(C(=O)N/N=C/c2cc(Br)ccc2OCC(=O)Nc2ccc(C)c(Cl)c2)ccc1OCc1ccccc1. The molecule has 4 aromatic carbocycles. The highest BCUT2D eigenvalue weighted by atomic mass is 79.9. The summed E-state index contributed by atoms with van der Waals surface area (Å²) in [4.78, 5) is 25.2. The van der Waals surface area contributed by atoms with E-state index in [0.29, 0.717) is 45.7 Å². The average Bonchev–Trinajstić information content (AvgIpc) is 2.98. The van der Waals surface area contributed by atoms with Gasteiger partial charge in [0.05, 0.1) is 13.3 Å². The minimum absolute atomic E-state index is 0.237. The van der Waals surface area contributed by atoms with Gasteiger partial charge < -0.3 is 19.5 Å². The van der Waals surface area contributed by atoms with Crippen LogP contribution in [0.2, 0.25) is 5.02 Å². The number of ether oxygens (including phenoxy) is 3. The summed E-state index contributed by atoms with van der Waals surface area (Å²) in [5, 5.41) is 7.38. The predicted molar refractivity (Wildman–Crippen MR) is 163 cm³/mol. The second-order valence-corrected chi connectivity index (χ2v) is 10.1. The highest BCUT2D eigenvalue weighted by molar-refractivity contribution is 9.10. The summed E-state index contributed by atoms with van der Waals surface area (Å²) >= 11 is 9.55. The highest BCUT2D eigenvalue weighted by Crippen LogP contribution is 2.29. The number of amides is 2. The standard InChI is InChI=1S/C31H27BrClN3O5/c1-20-8-11-25(16-26(20)33)35-30(37)19-41-27-13-10-24(32)14-23(27)17-34-36-31(38)22-9-12-28(29(15-22)39-2)40-18-21-6-4-3-5-7-21/h3-17H,18-19H2,1-2H3,(H,35,37)(H,36,38)/b34-17+. The fourth-order valence-corrected chi connectivity index (χ4v) is 4.21. The molecule has 0 atom stereocenters. The van der Waals surface area contributed by atoms with Gasteiger partial charge in [0, 0.05) is 26.3 Å². The summed E-state index contributed by atoms with van der Waals surface area (Å²) in [6.45, 7) is 2.01. The van der Waals surface area contributed by atoms with Gasteiger partial charge in [0.15, 0.2) is 18.1 Å². The van der Waals surface area contributed by atoms with E-state index < -0.39 is 5.91 Å². The van der Waals surface area contributed by atoms with Gasteiger partial charge in [0.25, 0.3) is 11.8 Å². The number of anilines is 1. The highest BCUT2D eigenvalue weighted by Gasteiger charge is 2.12. The van der Waals surface area contributed by atoms with E-state index in [2.05, 4.69) is 31.8 Å². The first-order valence-corrected chi connectivity index (χ1v) is 13.7. The predicted octanol–water partition coefficient (Wildman–Crippen LogP) is 6.78. The molecule has 4 rings (SSSR count). The molecule has 0 aliphatic heterocycles. The first-order chi connectivity index (χ1) is 19.8. The van der Waals surface area contributed by atoms with E-state index in [0.717, 1.165) is 15.6 Å². The lowest BCUT2D eigenvalue weighted by molar-refractivity contribution is -0.118. The second kappa shape index (κ2) is 14.3. The van der Waals surface area contributed by atoms with Gasteiger partial charge in [-0.05, 0) is 66.6 Å². The summed E-state index contributed by atoms with van der Waals surface area (Å²) in [6, 6.07) is 25.1. The number of benzene rings is 4. The van der Waals surface area contributed by atoms with Gasteiger partial charge in [-0.15, -0.1) is 0 Å². The molecular formula is C31H27BrClN3O5. The zero-order valence-electron chi connectivity index (χ0n) is 22.3. The molecule has 0 aliphatic carbocycles. The van der Waals surface area contributed by atoms with E-state index in [1.54, 1.807) is 48.5 Å². The summed E-state index contributed by atoms with van der Waals surface area (Å²) in [7, 11) is 1.51. The summed E-state index contributed by atoms with van der Waals surface area (Å²) in [5.41, 5.74) is 5.88. The number of carbonyl (C=O) groups is 2. The lowest BCUT2D eigenvalue weighted by atomic mass is 10.2. The van der Waals surface area contributed by atoms with Crippen molar-refractivity contribution >= 4 is 51.2 Å². The van der Waals surface area contributed by atoms with E-state index in [4.69, 9.17) is 25.8 Å². The van der Waals surface area contributed by atoms with Crippen molar-refractivity contribution < 1.29 is 23.8 Å². The Balaban J connectivity index is 1.36. The Hall–Kier alpha value is -4.34. The van der Waals surface area contributed by atoms with Crippen LogP contribution >= 0.6 is 27.5 Å². The van der Waals surface area contributed by atoms with Crippen LogP contribution in [0.4, 0.5) is 5.69 Å². The smallest absolute Gasteiger partial charge is 0.271 e. The Bertz CT molecular complexity index is 1560. The molecule has 41 heavy (non-hydrogen) atoms. The molecule has 210 valence electrons. The molecule has 4 aromatic rings. The number of halogens is 2. The summed E-state index contributed by atoms with van der Waals surface area (Å²) < 4.78 is 17.8. The molecule has 8 nitrogen and oxygen atoms in total. The fraction of sp³-hybridized carbons (Fsp3) is 0.129. The Labute approximate surface area is 251 Å². The third kappa shape index (κ3) is 8.57. The first-order valence-electron chi connectivity index (χ1n) is 12.5. The molecule has 0 bridgehead atoms. The molecule has 0 saturated carbocycles. The second-order valence-electron chi connectivity index (χ2n) is 8.82. The van der Waals surface area contributed by atoms with Gasteiger partial charge in [0.2, 0.25) is 0 Å². The Morgan fingerprint density at radius 1 is 0.927 bits per heavy atom. The van der Waals surface area contributed by atoms with Crippen molar-refractivity contribution in [3.05, 3.63) is 117 Å². The molecular weight excluding hydrogens is 610 g/mol. The number of hydrogen-bond acceptors (Lipinski definition) is 6. The number of methoxy groups -OCH3 is 1. The van der Waals surface area contributed by atoms with E-state index in [9.17, 15) is 9.59 Å². The lowest BCUT2D eigenvalue weighted by Gasteiger charge is -2.12. The molecule has 0 saturated heterocycles. The van der Waals surface area contributed by atoms with Gasteiger partial charge >= 0.3 is 0 Å². The molecule has 10 heteroatoms. The number of hydrogen-bond donors (Lipinski definition) is 2. The maximum atomic E-state index is 12.8. The molecule has 0 spiro atoms. The molecule has 0 aromatic heterocycles. The minimum atomic E-state index is -0.442. The number of aryl methyl sites for hydroxylation is 1. The third-order valence-corrected chi connectivity index (χ3v) is 6.72. The molecule has 0 unspecified atom stereocenters. The minimum Gasteiger partial charge on any atom is -0.493 e. The van der Waals surface area contributed by atoms with Crippen LogP contribution in [-0.2, 0) is 11.4 Å². The van der Waals surface area contributed by atoms with Gasteiger partial charge in [-0.1, -0.05) is 63.9 Å². The van der Waals surface area contributed by atoms with Crippen LogP contribution in [0, 0.1) is 6.92 Å². The van der Waals surface area contributed by atoms with E-state index in [-0.39, 0.29) is 12.5 Å². The molecule has 0 fully saturated rings. The summed E-state index contributed by atoms with van der Waals surface area (Å²) in [6.07, 6.45) is 1.43. The topological polar surface area (TPSA) is 98.3 Å². The monoisotopic (exact) mass is 635 g/mol. The number of nitrogens with zero attached hydrogens (tertiary/aromatic N) is 1.